The molecular weight excluding hydrogens is 240 g/mol. The van der Waals surface area contributed by atoms with Crippen molar-refractivity contribution in [2.24, 2.45) is 0 Å². The Morgan fingerprint density at radius 2 is 2.12 bits per heavy atom. The maximum atomic E-state index is 11.8. The van der Waals surface area contributed by atoms with Crippen LogP contribution < -0.4 is 10.0 Å². The van der Waals surface area contributed by atoms with E-state index in [0.717, 1.165) is 5.56 Å². The first-order chi connectivity index (χ1) is 7.95. The topological polar surface area (TPSA) is 75.3 Å². The first kappa shape index (κ1) is 12.1. The Morgan fingerprint density at radius 1 is 1.41 bits per heavy atom. The molecule has 1 aromatic carbocycles. The Labute approximate surface area is 100 Å². The van der Waals surface area contributed by atoms with Gasteiger partial charge < -0.3 is 5.32 Å². The highest BCUT2D eigenvalue weighted by Gasteiger charge is 2.28. The number of fused-ring (bicyclic) bond motifs is 1. The third-order valence-electron chi connectivity index (χ3n) is 2.79. The fraction of sp³-hybridized carbons (Fsp3) is 0.364. The zero-order valence-corrected chi connectivity index (χ0v) is 10.5. The lowest BCUT2D eigenvalue weighted by Gasteiger charge is -2.07. The van der Waals surface area contributed by atoms with Crippen LogP contribution in [0.4, 0.5) is 5.69 Å². The van der Waals surface area contributed by atoms with E-state index in [9.17, 15) is 13.2 Å². The minimum Gasteiger partial charge on any atom is -0.325 e. The van der Waals surface area contributed by atoms with E-state index >= 15 is 0 Å². The molecule has 1 amide bonds. The van der Waals surface area contributed by atoms with Gasteiger partial charge in [0.15, 0.2) is 0 Å². The number of sulfonamides is 1. The maximum absolute atomic E-state index is 11.8. The van der Waals surface area contributed by atoms with Crippen LogP contribution in [-0.4, -0.2) is 20.9 Å². The van der Waals surface area contributed by atoms with E-state index in [1.54, 1.807) is 26.0 Å². The fourth-order valence-corrected chi connectivity index (χ4v) is 2.91. The van der Waals surface area contributed by atoms with Gasteiger partial charge in [-0.15, -0.1) is 0 Å². The van der Waals surface area contributed by atoms with Crippen LogP contribution in [0.3, 0.4) is 0 Å². The quantitative estimate of drug-likeness (QED) is 0.846. The molecule has 2 rings (SSSR count). The average Bonchev–Trinajstić information content (AvgIpc) is 2.54. The van der Waals surface area contributed by atoms with Gasteiger partial charge in [-0.05, 0) is 30.7 Å². The van der Waals surface area contributed by atoms with Crippen molar-refractivity contribution in [2.75, 3.05) is 11.9 Å². The number of nitrogens with one attached hydrogen (secondary N) is 2. The van der Waals surface area contributed by atoms with Gasteiger partial charge in [-0.25, -0.2) is 13.1 Å². The summed E-state index contributed by atoms with van der Waals surface area (Å²) in [6.07, 6.45) is 0. The second-order valence-electron chi connectivity index (χ2n) is 3.96. The predicted molar refractivity (Wildman–Crippen MR) is 64.3 cm³/mol. The van der Waals surface area contributed by atoms with Gasteiger partial charge in [0.25, 0.3) is 0 Å². The van der Waals surface area contributed by atoms with Crippen molar-refractivity contribution in [1.82, 2.24) is 4.72 Å². The van der Waals surface area contributed by atoms with E-state index in [-0.39, 0.29) is 16.7 Å². The molecule has 17 heavy (non-hydrogen) atoms. The van der Waals surface area contributed by atoms with Crippen LogP contribution in [0.2, 0.25) is 0 Å². The van der Waals surface area contributed by atoms with Crippen LogP contribution in [-0.2, 0) is 14.8 Å². The Morgan fingerprint density at radius 3 is 2.76 bits per heavy atom. The minimum atomic E-state index is -3.46. The molecule has 0 aliphatic carbocycles. The molecule has 0 spiro atoms. The van der Waals surface area contributed by atoms with E-state index in [1.165, 1.54) is 6.07 Å². The van der Waals surface area contributed by atoms with Crippen LogP contribution in [0, 0.1) is 0 Å². The van der Waals surface area contributed by atoms with Crippen molar-refractivity contribution in [3.8, 4) is 0 Å². The van der Waals surface area contributed by atoms with Crippen molar-refractivity contribution >= 4 is 21.6 Å². The molecule has 1 aliphatic heterocycles. The summed E-state index contributed by atoms with van der Waals surface area (Å²) in [5, 5.41) is 2.70. The molecular formula is C11H14N2O3S. The number of benzene rings is 1. The highest BCUT2D eigenvalue weighted by molar-refractivity contribution is 7.89. The number of carbonyl (C=O) groups is 1. The number of carbonyl (C=O) groups excluding carboxylic acids is 1. The number of amides is 1. The van der Waals surface area contributed by atoms with Crippen LogP contribution in [0.25, 0.3) is 0 Å². The third kappa shape index (κ3) is 2.05. The monoisotopic (exact) mass is 254 g/mol. The van der Waals surface area contributed by atoms with Gasteiger partial charge in [0.05, 0.1) is 10.8 Å². The molecule has 0 saturated heterocycles. The third-order valence-corrected chi connectivity index (χ3v) is 4.33. The predicted octanol–water partition coefficient (Wildman–Crippen LogP) is 1.04. The van der Waals surface area contributed by atoms with E-state index in [2.05, 4.69) is 10.0 Å². The molecule has 1 aliphatic rings. The molecule has 1 unspecified atom stereocenters. The summed E-state index contributed by atoms with van der Waals surface area (Å²) in [6, 6.07) is 4.67. The largest absolute Gasteiger partial charge is 0.325 e. The lowest BCUT2D eigenvalue weighted by Crippen LogP contribution is -2.23. The highest BCUT2D eigenvalue weighted by Crippen LogP contribution is 2.33. The molecule has 6 heteroatoms. The minimum absolute atomic E-state index is 0.0991. The van der Waals surface area contributed by atoms with E-state index in [0.29, 0.717) is 12.2 Å². The standard InChI is InChI=1S/C11H14N2O3S/c1-3-12-17(15,16)8-4-5-10-9(6-8)7(2)11(14)13-10/h4-7,12H,3H2,1-2H3,(H,13,14). The molecule has 1 aromatic rings. The van der Waals surface area contributed by atoms with E-state index < -0.39 is 10.0 Å². The Bertz CT molecular complexity index is 566. The van der Waals surface area contributed by atoms with Crippen LogP contribution >= 0.6 is 0 Å². The van der Waals surface area contributed by atoms with Crippen molar-refractivity contribution < 1.29 is 13.2 Å². The fourth-order valence-electron chi connectivity index (χ4n) is 1.84. The normalized spacial score (nSPS) is 18.9. The number of hydrogen-bond acceptors (Lipinski definition) is 3. The Kier molecular flexibility index (Phi) is 2.92. The van der Waals surface area contributed by atoms with Crippen LogP contribution in [0.15, 0.2) is 23.1 Å². The van der Waals surface area contributed by atoms with Crippen LogP contribution in [0.5, 0.6) is 0 Å². The summed E-state index contributed by atoms with van der Waals surface area (Å²) in [7, 11) is -3.46. The highest BCUT2D eigenvalue weighted by atomic mass is 32.2. The van der Waals surface area contributed by atoms with Gasteiger partial charge in [0.1, 0.15) is 0 Å². The molecule has 0 aromatic heterocycles. The molecule has 92 valence electrons. The Balaban J connectivity index is 2.46. The van der Waals surface area contributed by atoms with Crippen molar-refractivity contribution in [1.29, 1.82) is 0 Å². The summed E-state index contributed by atoms with van der Waals surface area (Å²) in [5.74, 6) is -0.403. The summed E-state index contributed by atoms with van der Waals surface area (Å²) in [6.45, 7) is 3.82. The average molecular weight is 254 g/mol. The van der Waals surface area contributed by atoms with Crippen LogP contribution in [0.1, 0.15) is 25.3 Å². The Hall–Kier alpha value is -1.40. The van der Waals surface area contributed by atoms with Gasteiger partial charge in [-0.1, -0.05) is 6.92 Å². The summed E-state index contributed by atoms with van der Waals surface area (Å²) < 4.78 is 26.0. The molecule has 1 atom stereocenters. The molecule has 5 nitrogen and oxygen atoms in total. The van der Waals surface area contributed by atoms with Gasteiger partial charge in [-0.2, -0.15) is 0 Å². The van der Waals surface area contributed by atoms with Crippen molar-refractivity contribution in [2.45, 2.75) is 24.7 Å². The molecule has 0 bridgehead atoms. The molecule has 2 N–H and O–H groups in total. The first-order valence-corrected chi connectivity index (χ1v) is 6.88. The molecule has 1 heterocycles. The smallest absolute Gasteiger partial charge is 0.240 e. The first-order valence-electron chi connectivity index (χ1n) is 5.40. The van der Waals surface area contributed by atoms with Gasteiger partial charge in [0.2, 0.25) is 15.9 Å². The maximum Gasteiger partial charge on any atom is 0.240 e. The summed E-state index contributed by atoms with van der Waals surface area (Å²) in [5.41, 5.74) is 1.42. The SMILES string of the molecule is CCNS(=O)(=O)c1ccc2c(c1)C(C)C(=O)N2. The lowest BCUT2D eigenvalue weighted by molar-refractivity contribution is -0.116. The molecule has 0 radical (unpaired) electrons. The van der Waals surface area contributed by atoms with Gasteiger partial charge in [-0.3, -0.25) is 4.79 Å². The van der Waals surface area contributed by atoms with Gasteiger partial charge in [0, 0.05) is 12.2 Å². The van der Waals surface area contributed by atoms with E-state index in [1.807, 2.05) is 0 Å². The van der Waals surface area contributed by atoms with Crippen molar-refractivity contribution in [3.63, 3.8) is 0 Å². The zero-order valence-electron chi connectivity index (χ0n) is 9.65. The second-order valence-corrected chi connectivity index (χ2v) is 5.73. The lowest BCUT2D eigenvalue weighted by atomic mass is 10.0. The number of rotatable bonds is 3. The summed E-state index contributed by atoms with van der Waals surface area (Å²) in [4.78, 5) is 11.6. The van der Waals surface area contributed by atoms with E-state index in [4.69, 9.17) is 0 Å². The molecule has 0 saturated carbocycles. The summed E-state index contributed by atoms with van der Waals surface area (Å²) >= 11 is 0. The van der Waals surface area contributed by atoms with Crippen molar-refractivity contribution in [3.05, 3.63) is 23.8 Å². The second kappa shape index (κ2) is 4.12. The number of anilines is 1. The van der Waals surface area contributed by atoms with Gasteiger partial charge >= 0.3 is 0 Å². The zero-order chi connectivity index (χ0) is 12.6. The molecule has 0 fully saturated rings. The number of hydrogen-bond donors (Lipinski definition) is 2.